The number of hydrogen-bond acceptors (Lipinski definition) is 14. The molecule has 0 bridgehead atoms. The number of nitrogens with zero attached hydrogens (tertiary/aromatic N) is 1. The van der Waals surface area contributed by atoms with Crippen molar-refractivity contribution in [3.05, 3.63) is 54.1 Å². The molecule has 0 unspecified atom stereocenters. The number of imidazole rings is 1. The number of aliphatic hydroxyl groups excluding tert-OH is 1. The highest BCUT2D eigenvalue weighted by Gasteiger charge is 2.35. The maximum absolute atomic E-state index is 14.2. The van der Waals surface area contributed by atoms with Gasteiger partial charge in [-0.25, -0.2) is 9.78 Å². The van der Waals surface area contributed by atoms with Gasteiger partial charge in [0.05, 0.1) is 25.4 Å². The van der Waals surface area contributed by atoms with Gasteiger partial charge < -0.3 is 69.6 Å². The molecule has 8 amide bonds. The SMILES string of the molecule is CC[C@H](C)[C@H](NC(=O)[C@H](Cc1cnc[nH]1)NC(=O)[C@H](CO)NC(=O)[C@H](CCSC)NC(=O)[C@H](Cc1ccccc1)NC(=O)[C@H](CC(N)=O)NC(=O)[C@H](CCCCN)NC(=O)[C@H](C)N)C(=O)O. The number of aliphatic hydroxyl groups is 1. The van der Waals surface area contributed by atoms with Gasteiger partial charge in [-0.2, -0.15) is 11.8 Å². The van der Waals surface area contributed by atoms with Crippen molar-refractivity contribution in [2.24, 2.45) is 23.1 Å². The highest BCUT2D eigenvalue weighted by Crippen LogP contribution is 2.11. The summed E-state index contributed by atoms with van der Waals surface area (Å²) >= 11 is 1.33. The van der Waals surface area contributed by atoms with Crippen LogP contribution in [0.5, 0.6) is 0 Å². The van der Waals surface area contributed by atoms with Gasteiger partial charge in [0.25, 0.3) is 0 Å². The number of rotatable bonds is 31. The fourth-order valence-electron chi connectivity index (χ4n) is 6.36. The number of unbranched alkanes of at least 4 members (excludes halogenated alkanes) is 1. The maximum Gasteiger partial charge on any atom is 0.326 e. The van der Waals surface area contributed by atoms with E-state index in [1.54, 1.807) is 50.4 Å². The van der Waals surface area contributed by atoms with Crippen molar-refractivity contribution in [1.29, 1.82) is 0 Å². The molecular formula is C42H66N12O11S. The molecule has 1 heterocycles. The first-order chi connectivity index (χ1) is 31.3. The Morgan fingerprint density at radius 3 is 1.76 bits per heavy atom. The zero-order valence-electron chi connectivity index (χ0n) is 37.7. The van der Waals surface area contributed by atoms with Crippen molar-refractivity contribution in [3.63, 3.8) is 0 Å². The van der Waals surface area contributed by atoms with Gasteiger partial charge in [0.1, 0.15) is 42.3 Å². The van der Waals surface area contributed by atoms with Crippen molar-refractivity contribution in [1.82, 2.24) is 47.2 Å². The van der Waals surface area contributed by atoms with Crippen LogP contribution in [0.15, 0.2) is 42.9 Å². The Bertz CT molecular complexity index is 1910. The van der Waals surface area contributed by atoms with E-state index in [4.69, 9.17) is 17.2 Å². The van der Waals surface area contributed by atoms with Crippen LogP contribution in [0, 0.1) is 5.92 Å². The van der Waals surface area contributed by atoms with Crippen molar-refractivity contribution in [2.75, 3.05) is 25.2 Å². The van der Waals surface area contributed by atoms with Crippen LogP contribution in [-0.2, 0) is 56.0 Å². The third-order valence-electron chi connectivity index (χ3n) is 10.4. The van der Waals surface area contributed by atoms with Gasteiger partial charge in [0.2, 0.25) is 47.3 Å². The van der Waals surface area contributed by atoms with Gasteiger partial charge in [-0.05, 0) is 62.6 Å². The number of aliphatic carboxylic acids is 1. The molecule has 0 saturated heterocycles. The minimum Gasteiger partial charge on any atom is -0.480 e. The van der Waals surface area contributed by atoms with Crippen molar-refractivity contribution < 1.29 is 53.4 Å². The molecule has 2 aromatic rings. The summed E-state index contributed by atoms with van der Waals surface area (Å²) in [5, 5.41) is 37.5. The molecule has 23 nitrogen and oxygen atoms in total. The molecule has 9 atom stereocenters. The van der Waals surface area contributed by atoms with Crippen LogP contribution in [0.2, 0.25) is 0 Å². The van der Waals surface area contributed by atoms with Gasteiger partial charge in [-0.15, -0.1) is 0 Å². The van der Waals surface area contributed by atoms with E-state index in [9.17, 15) is 53.4 Å². The molecule has 0 aliphatic carbocycles. The monoisotopic (exact) mass is 946 g/mol. The summed E-state index contributed by atoms with van der Waals surface area (Å²) in [7, 11) is 0. The normalized spacial score (nSPS) is 15.1. The lowest BCUT2D eigenvalue weighted by Crippen LogP contribution is -2.61. The van der Waals surface area contributed by atoms with Gasteiger partial charge in [0.15, 0.2) is 0 Å². The molecule has 24 heteroatoms. The summed E-state index contributed by atoms with van der Waals surface area (Å²) in [5.41, 5.74) is 17.7. The van der Waals surface area contributed by atoms with Crippen molar-refractivity contribution in [3.8, 4) is 0 Å². The number of aromatic amines is 1. The number of benzene rings is 1. The number of thioether (sulfide) groups is 1. The zero-order valence-corrected chi connectivity index (χ0v) is 38.5. The molecule has 66 heavy (non-hydrogen) atoms. The number of H-pyrrole nitrogens is 1. The molecule has 0 aliphatic heterocycles. The van der Waals surface area contributed by atoms with E-state index < -0.39 is 121 Å². The highest BCUT2D eigenvalue weighted by molar-refractivity contribution is 7.98. The molecule has 0 fully saturated rings. The van der Waals surface area contributed by atoms with E-state index in [2.05, 4.69) is 47.2 Å². The molecule has 366 valence electrons. The standard InChI is InChI=1S/C42H66N12O11S/c1-5-23(2)34(42(64)65)54-40(62)30(18-26-20-46-22-47-26)51-41(63)32(21-55)53-37(59)28(14-16-66-4)49-38(60)29(17-25-11-7-6-8-12-25)50-39(61)31(19-33(45)56)52-36(58)27(13-9-10-15-43)48-35(57)24(3)44/h6-8,11-12,20,22-24,27-32,34,55H,5,9-10,13-19,21,43-44H2,1-4H3,(H2,45,56)(H,46,47)(H,48,57)(H,49,60)(H,50,61)(H,51,63)(H,52,58)(H,53,59)(H,54,62)(H,64,65)/t23-,24-,27-,28-,29-,30-,31-,32-,34-/m0/s1. The smallest absolute Gasteiger partial charge is 0.326 e. The number of carbonyl (C=O) groups is 9. The number of amides is 8. The number of nitrogens with one attached hydrogen (secondary N) is 8. The summed E-state index contributed by atoms with van der Waals surface area (Å²) in [4.78, 5) is 126. The van der Waals surface area contributed by atoms with Crippen LogP contribution in [0.1, 0.15) is 70.6 Å². The third kappa shape index (κ3) is 19.6. The Kier molecular flexibility index (Phi) is 25.0. The van der Waals surface area contributed by atoms with Gasteiger partial charge >= 0.3 is 5.97 Å². The van der Waals surface area contributed by atoms with Crippen LogP contribution >= 0.6 is 11.8 Å². The second-order valence-corrected chi connectivity index (χ2v) is 16.7. The minimum atomic E-state index is -1.66. The summed E-state index contributed by atoms with van der Waals surface area (Å²) in [5.74, 6) is -8.53. The number of carbonyl (C=O) groups excluding carboxylic acids is 8. The Morgan fingerprint density at radius 2 is 1.23 bits per heavy atom. The van der Waals surface area contributed by atoms with E-state index >= 15 is 0 Å². The lowest BCUT2D eigenvalue weighted by Gasteiger charge is -2.27. The van der Waals surface area contributed by atoms with E-state index in [1.165, 1.54) is 31.2 Å². The van der Waals surface area contributed by atoms with E-state index in [1.807, 2.05) is 0 Å². The maximum atomic E-state index is 14.2. The highest BCUT2D eigenvalue weighted by atomic mass is 32.2. The van der Waals surface area contributed by atoms with Gasteiger partial charge in [-0.3, -0.25) is 38.4 Å². The number of primary amides is 1. The molecule has 0 spiro atoms. The molecule has 0 radical (unpaired) electrons. The predicted octanol–water partition coefficient (Wildman–Crippen LogP) is -3.18. The number of aromatic nitrogens is 2. The molecule has 0 aliphatic rings. The molecule has 16 N–H and O–H groups in total. The first kappa shape index (κ1) is 56.0. The topological polar surface area (TPSA) is 385 Å². The summed E-state index contributed by atoms with van der Waals surface area (Å²) < 4.78 is 0. The predicted molar refractivity (Wildman–Crippen MR) is 243 cm³/mol. The Morgan fingerprint density at radius 1 is 0.712 bits per heavy atom. The fraction of sp³-hybridized carbons (Fsp3) is 0.571. The number of carboxylic acids is 1. The van der Waals surface area contributed by atoms with Gasteiger partial charge in [0, 0.05) is 24.7 Å². The lowest BCUT2D eigenvalue weighted by atomic mass is 9.98. The molecule has 0 saturated carbocycles. The minimum absolute atomic E-state index is 0.000591. The van der Waals surface area contributed by atoms with Crippen LogP contribution in [0.3, 0.4) is 0 Å². The van der Waals surface area contributed by atoms with Gasteiger partial charge in [-0.1, -0.05) is 50.6 Å². The average molecular weight is 947 g/mol. The average Bonchev–Trinajstić information content (AvgIpc) is 3.80. The molecule has 2 rings (SSSR count). The van der Waals surface area contributed by atoms with Crippen LogP contribution in [-0.4, -0.2) is 147 Å². The third-order valence-corrected chi connectivity index (χ3v) is 11.0. The first-order valence-corrected chi connectivity index (χ1v) is 22.9. The zero-order chi connectivity index (χ0) is 49.3. The molecule has 1 aromatic carbocycles. The van der Waals surface area contributed by atoms with E-state index in [0.29, 0.717) is 42.8 Å². The fourth-order valence-corrected chi connectivity index (χ4v) is 6.83. The second-order valence-electron chi connectivity index (χ2n) is 15.8. The van der Waals surface area contributed by atoms with Crippen LogP contribution in [0.25, 0.3) is 0 Å². The Labute approximate surface area is 387 Å². The number of hydrogen-bond donors (Lipinski definition) is 13. The Hall–Kier alpha value is -6.11. The number of nitrogens with two attached hydrogens (primary N) is 3. The second kappa shape index (κ2) is 29.4. The quantitative estimate of drug-likeness (QED) is 0.0332. The van der Waals surface area contributed by atoms with Crippen LogP contribution in [0.4, 0.5) is 0 Å². The molecule has 1 aromatic heterocycles. The van der Waals surface area contributed by atoms with E-state index in [0.717, 1.165) is 0 Å². The summed E-state index contributed by atoms with van der Waals surface area (Å²) in [6, 6.07) is -2.41. The van der Waals surface area contributed by atoms with Crippen molar-refractivity contribution >= 4 is 65.0 Å². The summed E-state index contributed by atoms with van der Waals surface area (Å²) in [6.07, 6.45) is 4.97. The largest absolute Gasteiger partial charge is 0.480 e. The van der Waals surface area contributed by atoms with Crippen molar-refractivity contribution in [2.45, 2.75) is 120 Å². The van der Waals surface area contributed by atoms with E-state index in [-0.39, 0.29) is 25.7 Å². The first-order valence-electron chi connectivity index (χ1n) is 21.6. The lowest BCUT2D eigenvalue weighted by molar-refractivity contribution is -0.144. The van der Waals surface area contributed by atoms with Crippen LogP contribution < -0.4 is 54.4 Å². The Balaban J connectivity index is 2.38. The molecular weight excluding hydrogens is 881 g/mol. The number of carboxylic acid groups (broad SMARTS) is 1. The summed E-state index contributed by atoms with van der Waals surface area (Å²) in [6.45, 7) is 4.17.